The SMILES string of the molecule is C.CC1(C)CCC(CC(NC(C)(C)C)C(=O)C(C)(C)C)CC1. The highest BCUT2D eigenvalue weighted by Gasteiger charge is 2.35. The zero-order valence-electron chi connectivity index (χ0n) is 15.6. The summed E-state index contributed by atoms with van der Waals surface area (Å²) in [5.41, 5.74) is 0.216. The maximum Gasteiger partial charge on any atom is 0.155 e. The molecule has 1 rings (SSSR count). The molecule has 1 fully saturated rings. The molecule has 0 aromatic heterocycles. The first-order chi connectivity index (χ1) is 9.30. The quantitative estimate of drug-likeness (QED) is 0.732. The van der Waals surface area contributed by atoms with Gasteiger partial charge >= 0.3 is 0 Å². The van der Waals surface area contributed by atoms with Crippen molar-refractivity contribution in [2.75, 3.05) is 0 Å². The Labute approximate surface area is 139 Å². The van der Waals surface area contributed by atoms with Crippen LogP contribution in [0.4, 0.5) is 0 Å². The highest BCUT2D eigenvalue weighted by molar-refractivity contribution is 5.88. The first-order valence-corrected chi connectivity index (χ1v) is 8.62. The van der Waals surface area contributed by atoms with Crippen LogP contribution in [0.2, 0.25) is 0 Å². The zero-order valence-corrected chi connectivity index (χ0v) is 15.6. The third-order valence-electron chi connectivity index (χ3n) is 4.69. The van der Waals surface area contributed by atoms with Crippen LogP contribution in [-0.4, -0.2) is 17.4 Å². The van der Waals surface area contributed by atoms with Gasteiger partial charge in [-0.2, -0.15) is 0 Å². The molecule has 0 aliphatic heterocycles. The molecular weight excluding hydrogens is 270 g/mol. The van der Waals surface area contributed by atoms with Crippen LogP contribution >= 0.6 is 0 Å². The summed E-state index contributed by atoms with van der Waals surface area (Å²) in [6.07, 6.45) is 6.14. The molecule has 1 aliphatic carbocycles. The standard InChI is InChI=1S/C19H37NO.CH4/c1-17(2,3)16(21)15(20-18(4,5)6)13-14-9-11-19(7,8)12-10-14;/h14-15,20H,9-13H2,1-8H3;1H4. The van der Waals surface area contributed by atoms with Crippen LogP contribution in [0.5, 0.6) is 0 Å². The average molecular weight is 312 g/mol. The number of nitrogens with one attached hydrogen (secondary N) is 1. The maximum absolute atomic E-state index is 12.8. The van der Waals surface area contributed by atoms with Gasteiger partial charge in [-0.25, -0.2) is 0 Å². The van der Waals surface area contributed by atoms with Crippen LogP contribution in [0.1, 0.15) is 94.9 Å². The Morgan fingerprint density at radius 2 is 1.55 bits per heavy atom. The van der Waals surface area contributed by atoms with Gasteiger partial charge in [0, 0.05) is 11.0 Å². The number of ketones is 1. The lowest BCUT2D eigenvalue weighted by Gasteiger charge is -2.38. The van der Waals surface area contributed by atoms with E-state index in [1.165, 1.54) is 25.7 Å². The fourth-order valence-electron chi connectivity index (χ4n) is 3.30. The molecule has 2 heteroatoms. The van der Waals surface area contributed by atoms with Gasteiger partial charge in [0.1, 0.15) is 0 Å². The molecule has 132 valence electrons. The Hall–Kier alpha value is -0.370. The van der Waals surface area contributed by atoms with Gasteiger partial charge in [-0.05, 0) is 64.2 Å². The minimum atomic E-state index is -0.267. The van der Waals surface area contributed by atoms with E-state index in [4.69, 9.17) is 0 Å². The van der Waals surface area contributed by atoms with Gasteiger partial charge in [0.15, 0.2) is 5.78 Å². The Morgan fingerprint density at radius 3 is 1.91 bits per heavy atom. The third kappa shape index (κ3) is 7.26. The van der Waals surface area contributed by atoms with Crippen LogP contribution in [-0.2, 0) is 4.79 Å². The van der Waals surface area contributed by atoms with Crippen molar-refractivity contribution in [3.05, 3.63) is 0 Å². The van der Waals surface area contributed by atoms with E-state index in [9.17, 15) is 4.79 Å². The van der Waals surface area contributed by atoms with Crippen molar-refractivity contribution in [1.29, 1.82) is 0 Å². The lowest BCUT2D eigenvalue weighted by molar-refractivity contribution is -0.129. The second kappa shape index (κ2) is 7.47. The minimum absolute atomic E-state index is 0. The summed E-state index contributed by atoms with van der Waals surface area (Å²) < 4.78 is 0. The molecule has 0 radical (unpaired) electrons. The molecule has 2 nitrogen and oxygen atoms in total. The van der Waals surface area contributed by atoms with Gasteiger partial charge in [0.2, 0.25) is 0 Å². The van der Waals surface area contributed by atoms with E-state index in [0.717, 1.165) is 6.42 Å². The molecule has 0 aromatic carbocycles. The van der Waals surface area contributed by atoms with Crippen LogP contribution in [0.15, 0.2) is 0 Å². The molecule has 0 saturated heterocycles. The summed E-state index contributed by atoms with van der Waals surface area (Å²) in [5.74, 6) is 1.06. The molecular formula is C20H41NO. The number of hydrogen-bond donors (Lipinski definition) is 1. The van der Waals surface area contributed by atoms with Gasteiger partial charge in [-0.1, -0.05) is 42.0 Å². The van der Waals surface area contributed by atoms with Gasteiger partial charge in [0.25, 0.3) is 0 Å². The van der Waals surface area contributed by atoms with Gasteiger partial charge < -0.3 is 5.32 Å². The Kier molecular flexibility index (Phi) is 7.34. The van der Waals surface area contributed by atoms with Gasteiger partial charge in [-0.3, -0.25) is 4.79 Å². The second-order valence-electron chi connectivity index (χ2n) is 9.90. The molecule has 0 aromatic rings. The zero-order chi connectivity index (χ0) is 16.5. The lowest BCUT2D eigenvalue weighted by Crippen LogP contribution is -2.51. The summed E-state index contributed by atoms with van der Waals surface area (Å²) in [7, 11) is 0. The lowest BCUT2D eigenvalue weighted by atomic mass is 9.70. The monoisotopic (exact) mass is 311 g/mol. The Morgan fingerprint density at radius 1 is 1.09 bits per heavy atom. The van der Waals surface area contributed by atoms with E-state index in [1.807, 2.05) is 20.8 Å². The molecule has 1 aliphatic rings. The summed E-state index contributed by atoms with van der Waals surface area (Å²) in [6, 6.07) is -0.00351. The van der Waals surface area contributed by atoms with Crippen LogP contribution in [0.3, 0.4) is 0 Å². The van der Waals surface area contributed by atoms with Crippen molar-refractivity contribution in [3.63, 3.8) is 0 Å². The Balaban J connectivity index is 0.00000441. The number of hydrogen-bond acceptors (Lipinski definition) is 2. The number of Topliss-reactive ketones (excluding diaryl/α,β-unsaturated/α-hetero) is 1. The molecule has 22 heavy (non-hydrogen) atoms. The molecule has 1 saturated carbocycles. The summed E-state index contributed by atoms with van der Waals surface area (Å²) in [6.45, 7) is 17.3. The number of carbonyl (C=O) groups is 1. The van der Waals surface area contributed by atoms with Crippen molar-refractivity contribution in [3.8, 4) is 0 Å². The van der Waals surface area contributed by atoms with E-state index in [-0.39, 0.29) is 24.4 Å². The number of carbonyl (C=O) groups excluding carboxylic acids is 1. The predicted molar refractivity (Wildman–Crippen MR) is 98.2 cm³/mol. The first kappa shape index (κ1) is 21.6. The normalized spacial score (nSPS) is 21.1. The molecule has 1 N–H and O–H groups in total. The van der Waals surface area contributed by atoms with Crippen molar-refractivity contribution >= 4 is 5.78 Å². The average Bonchev–Trinajstić information content (AvgIpc) is 2.27. The van der Waals surface area contributed by atoms with Crippen molar-refractivity contribution < 1.29 is 4.79 Å². The molecule has 0 heterocycles. The van der Waals surface area contributed by atoms with Crippen molar-refractivity contribution in [2.24, 2.45) is 16.7 Å². The molecule has 0 bridgehead atoms. The van der Waals surface area contributed by atoms with E-state index in [0.29, 0.717) is 17.1 Å². The van der Waals surface area contributed by atoms with Crippen LogP contribution in [0.25, 0.3) is 0 Å². The summed E-state index contributed by atoms with van der Waals surface area (Å²) >= 11 is 0. The second-order valence-corrected chi connectivity index (χ2v) is 9.90. The fraction of sp³-hybridized carbons (Fsp3) is 0.950. The number of rotatable bonds is 4. The van der Waals surface area contributed by atoms with E-state index in [1.54, 1.807) is 0 Å². The van der Waals surface area contributed by atoms with Crippen LogP contribution < -0.4 is 5.32 Å². The minimum Gasteiger partial charge on any atom is -0.303 e. The maximum atomic E-state index is 12.8. The topological polar surface area (TPSA) is 29.1 Å². The largest absolute Gasteiger partial charge is 0.303 e. The predicted octanol–water partition coefficient (Wildman–Crippen LogP) is 5.60. The van der Waals surface area contributed by atoms with Crippen molar-refractivity contribution in [2.45, 2.75) is 107 Å². The van der Waals surface area contributed by atoms with E-state index >= 15 is 0 Å². The fourth-order valence-corrected chi connectivity index (χ4v) is 3.30. The summed E-state index contributed by atoms with van der Waals surface area (Å²) in [5, 5.41) is 3.58. The van der Waals surface area contributed by atoms with Gasteiger partial charge in [0.05, 0.1) is 6.04 Å². The van der Waals surface area contributed by atoms with Gasteiger partial charge in [-0.15, -0.1) is 0 Å². The van der Waals surface area contributed by atoms with E-state index in [2.05, 4.69) is 39.9 Å². The Bertz CT molecular complexity index is 347. The highest BCUT2D eigenvalue weighted by atomic mass is 16.1. The molecule has 0 spiro atoms. The molecule has 0 amide bonds. The van der Waals surface area contributed by atoms with Crippen LogP contribution in [0, 0.1) is 16.7 Å². The van der Waals surface area contributed by atoms with E-state index < -0.39 is 0 Å². The third-order valence-corrected chi connectivity index (χ3v) is 4.69. The first-order valence-electron chi connectivity index (χ1n) is 8.62. The van der Waals surface area contributed by atoms with Crippen molar-refractivity contribution in [1.82, 2.24) is 5.32 Å². The highest BCUT2D eigenvalue weighted by Crippen LogP contribution is 2.40. The molecule has 1 unspecified atom stereocenters. The summed E-state index contributed by atoms with van der Waals surface area (Å²) in [4.78, 5) is 12.8. The molecule has 1 atom stereocenters. The smallest absolute Gasteiger partial charge is 0.155 e.